The maximum atomic E-state index is 13.6. The van der Waals surface area contributed by atoms with E-state index in [0.29, 0.717) is 5.57 Å². The predicted molar refractivity (Wildman–Crippen MR) is 73.3 cm³/mol. The molecule has 0 saturated heterocycles. The van der Waals surface area contributed by atoms with Crippen LogP contribution in [-0.4, -0.2) is 11.1 Å². The van der Waals surface area contributed by atoms with E-state index in [1.165, 1.54) is 12.1 Å². The molecular weight excluding hydrogens is 243 g/mol. The second-order valence-corrected chi connectivity index (χ2v) is 3.61. The summed E-state index contributed by atoms with van der Waals surface area (Å²) in [6.45, 7) is 5.42. The van der Waals surface area contributed by atoms with Gasteiger partial charge in [0.05, 0.1) is 11.1 Å². The number of benzene rings is 1. The van der Waals surface area contributed by atoms with E-state index in [2.05, 4.69) is 18.4 Å². The van der Waals surface area contributed by atoms with Crippen LogP contribution < -0.4 is 0 Å². The van der Waals surface area contributed by atoms with Crippen LogP contribution in [0, 0.1) is 17.7 Å². The smallest absolute Gasteiger partial charge is 0.335 e. The van der Waals surface area contributed by atoms with Crippen molar-refractivity contribution in [3.63, 3.8) is 0 Å². The second kappa shape index (κ2) is 6.97. The normalized spacial score (nSPS) is 10.9. The first-order valence-electron chi connectivity index (χ1n) is 5.58. The lowest BCUT2D eigenvalue weighted by Gasteiger charge is -1.97. The molecule has 0 aliphatic rings. The van der Waals surface area contributed by atoms with Gasteiger partial charge >= 0.3 is 5.97 Å². The monoisotopic (exact) mass is 256 g/mol. The van der Waals surface area contributed by atoms with Gasteiger partial charge in [-0.1, -0.05) is 36.6 Å². The first kappa shape index (κ1) is 14.5. The summed E-state index contributed by atoms with van der Waals surface area (Å²) in [6, 6.07) is 3.63. The highest BCUT2D eigenvalue weighted by atomic mass is 19.1. The fourth-order valence-electron chi connectivity index (χ4n) is 1.33. The van der Waals surface area contributed by atoms with Gasteiger partial charge in [0.1, 0.15) is 5.82 Å². The van der Waals surface area contributed by atoms with Crippen LogP contribution in [0.1, 0.15) is 22.8 Å². The van der Waals surface area contributed by atoms with Gasteiger partial charge in [0.2, 0.25) is 0 Å². The number of carbonyl (C=O) groups is 1. The van der Waals surface area contributed by atoms with Crippen LogP contribution in [0.5, 0.6) is 0 Å². The van der Waals surface area contributed by atoms with Crippen molar-refractivity contribution < 1.29 is 14.3 Å². The highest BCUT2D eigenvalue weighted by molar-refractivity contribution is 5.87. The summed E-state index contributed by atoms with van der Waals surface area (Å²) in [5.74, 6) is 3.64. The summed E-state index contributed by atoms with van der Waals surface area (Å²) in [4.78, 5) is 10.7. The molecule has 19 heavy (non-hydrogen) atoms. The highest BCUT2D eigenvalue weighted by Crippen LogP contribution is 2.10. The van der Waals surface area contributed by atoms with Crippen molar-refractivity contribution in [1.29, 1.82) is 0 Å². The molecule has 0 aliphatic heterocycles. The molecule has 0 heterocycles. The predicted octanol–water partition coefficient (Wildman–Crippen LogP) is 3.56. The Labute approximate surface area is 111 Å². The second-order valence-electron chi connectivity index (χ2n) is 3.61. The molecule has 0 atom stereocenters. The molecule has 2 nitrogen and oxygen atoms in total. The fraction of sp³-hybridized carbons (Fsp3) is 0.0625. The maximum absolute atomic E-state index is 13.6. The lowest BCUT2D eigenvalue weighted by molar-refractivity contribution is 0.0696. The molecule has 1 aromatic carbocycles. The molecule has 0 amide bonds. The van der Waals surface area contributed by atoms with Gasteiger partial charge in [-0.05, 0) is 31.2 Å². The van der Waals surface area contributed by atoms with Crippen LogP contribution in [0.4, 0.5) is 4.39 Å². The van der Waals surface area contributed by atoms with Crippen LogP contribution in [0.2, 0.25) is 0 Å². The van der Waals surface area contributed by atoms with Crippen LogP contribution >= 0.6 is 0 Å². The van der Waals surface area contributed by atoms with Crippen LogP contribution in [0.15, 0.2) is 54.7 Å². The van der Waals surface area contributed by atoms with Crippen LogP contribution in [0.3, 0.4) is 0 Å². The summed E-state index contributed by atoms with van der Waals surface area (Å²) in [7, 11) is 0. The minimum absolute atomic E-state index is 0.0987. The minimum Gasteiger partial charge on any atom is -0.478 e. The molecule has 1 N–H and O–H groups in total. The number of aromatic carboxylic acids is 1. The van der Waals surface area contributed by atoms with Crippen molar-refractivity contribution in [2.45, 2.75) is 6.92 Å². The average Bonchev–Trinajstić information content (AvgIpc) is 2.37. The van der Waals surface area contributed by atoms with Gasteiger partial charge in [-0.2, -0.15) is 0 Å². The Morgan fingerprint density at radius 2 is 2.21 bits per heavy atom. The van der Waals surface area contributed by atoms with Crippen molar-refractivity contribution in [1.82, 2.24) is 0 Å². The van der Waals surface area contributed by atoms with Gasteiger partial charge in [-0.15, -0.1) is 0 Å². The maximum Gasteiger partial charge on any atom is 0.335 e. The Kier molecular flexibility index (Phi) is 5.31. The standard InChI is InChI=1S/C16H13FO2/c1-3-5-12(6-4-2)7-8-13-9-10-14(16(18)19)11-15(13)17/h3-6,9-11H,1H2,2H3,(H,18,19)/b6-4-,12-5+. The van der Waals surface area contributed by atoms with E-state index in [4.69, 9.17) is 5.11 Å². The van der Waals surface area contributed by atoms with E-state index in [1.807, 2.05) is 13.0 Å². The summed E-state index contributed by atoms with van der Waals surface area (Å²) in [5.41, 5.74) is 0.752. The van der Waals surface area contributed by atoms with Crippen molar-refractivity contribution in [2.24, 2.45) is 0 Å². The Bertz CT molecular complexity index is 613. The van der Waals surface area contributed by atoms with Crippen LogP contribution in [-0.2, 0) is 0 Å². The van der Waals surface area contributed by atoms with Gasteiger partial charge in [0, 0.05) is 5.57 Å². The number of hydrogen-bond donors (Lipinski definition) is 1. The molecule has 96 valence electrons. The topological polar surface area (TPSA) is 37.3 Å². The Hall–Kier alpha value is -2.60. The van der Waals surface area contributed by atoms with E-state index in [-0.39, 0.29) is 11.1 Å². The molecule has 0 bridgehead atoms. The third kappa shape index (κ3) is 4.29. The van der Waals surface area contributed by atoms with Gasteiger partial charge in [0.25, 0.3) is 0 Å². The summed E-state index contributed by atoms with van der Waals surface area (Å²) >= 11 is 0. The number of rotatable bonds is 3. The summed E-state index contributed by atoms with van der Waals surface area (Å²) in [6.07, 6.45) is 6.89. The van der Waals surface area contributed by atoms with E-state index in [0.717, 1.165) is 6.07 Å². The van der Waals surface area contributed by atoms with Crippen molar-refractivity contribution >= 4 is 5.97 Å². The van der Waals surface area contributed by atoms with Crippen molar-refractivity contribution in [2.75, 3.05) is 0 Å². The van der Waals surface area contributed by atoms with Crippen molar-refractivity contribution in [3.8, 4) is 11.8 Å². The SMILES string of the molecule is C=C/C=C(C#Cc1ccc(C(=O)O)cc1F)\C=C/C. The molecule has 0 radical (unpaired) electrons. The highest BCUT2D eigenvalue weighted by Gasteiger charge is 2.06. The van der Waals surface area contributed by atoms with E-state index < -0.39 is 11.8 Å². The number of hydrogen-bond acceptors (Lipinski definition) is 1. The minimum atomic E-state index is -1.17. The Morgan fingerprint density at radius 3 is 2.74 bits per heavy atom. The zero-order chi connectivity index (χ0) is 14.3. The first-order valence-corrected chi connectivity index (χ1v) is 5.58. The zero-order valence-electron chi connectivity index (χ0n) is 10.5. The third-order valence-electron chi connectivity index (χ3n) is 2.20. The quantitative estimate of drug-likeness (QED) is 0.663. The number of carboxylic acids is 1. The van der Waals surface area contributed by atoms with E-state index in [1.54, 1.807) is 18.2 Å². The molecule has 0 spiro atoms. The average molecular weight is 256 g/mol. The Morgan fingerprint density at radius 1 is 1.47 bits per heavy atom. The molecule has 0 aromatic heterocycles. The van der Waals surface area contributed by atoms with Gasteiger partial charge in [-0.25, -0.2) is 9.18 Å². The Balaban J connectivity index is 3.10. The fourth-order valence-corrected chi connectivity index (χ4v) is 1.33. The molecular formula is C16H13FO2. The molecule has 0 aliphatic carbocycles. The lowest BCUT2D eigenvalue weighted by atomic mass is 10.1. The summed E-state index contributed by atoms with van der Waals surface area (Å²) in [5, 5.41) is 8.73. The zero-order valence-corrected chi connectivity index (χ0v) is 10.5. The number of carboxylic acid groups (broad SMARTS) is 1. The third-order valence-corrected chi connectivity index (χ3v) is 2.20. The van der Waals surface area contributed by atoms with Crippen molar-refractivity contribution in [3.05, 3.63) is 71.6 Å². The lowest BCUT2D eigenvalue weighted by Crippen LogP contribution is -1.97. The van der Waals surface area contributed by atoms with Gasteiger partial charge in [-0.3, -0.25) is 0 Å². The molecule has 0 fully saturated rings. The molecule has 1 aromatic rings. The molecule has 0 saturated carbocycles. The van der Waals surface area contributed by atoms with Gasteiger partial charge in [0.15, 0.2) is 0 Å². The largest absolute Gasteiger partial charge is 0.478 e. The number of halogens is 1. The molecule has 0 unspecified atom stereocenters. The first-order chi connectivity index (χ1) is 9.08. The van der Waals surface area contributed by atoms with Gasteiger partial charge < -0.3 is 5.11 Å². The summed E-state index contributed by atoms with van der Waals surface area (Å²) < 4.78 is 13.6. The molecule has 3 heteroatoms. The van der Waals surface area contributed by atoms with E-state index >= 15 is 0 Å². The number of allylic oxidation sites excluding steroid dienone is 5. The van der Waals surface area contributed by atoms with E-state index in [9.17, 15) is 9.18 Å². The van der Waals surface area contributed by atoms with Crippen LogP contribution in [0.25, 0.3) is 0 Å². The molecule has 1 rings (SSSR count).